The van der Waals surface area contributed by atoms with Crippen LogP contribution in [0.3, 0.4) is 0 Å². The molecule has 20 heavy (non-hydrogen) atoms. The number of ether oxygens (including phenoxy) is 1. The predicted molar refractivity (Wildman–Crippen MR) is 78.0 cm³/mol. The first-order valence-electron chi connectivity index (χ1n) is 6.87. The fourth-order valence-corrected chi connectivity index (χ4v) is 3.36. The highest BCUT2D eigenvalue weighted by Gasteiger charge is 2.38. The van der Waals surface area contributed by atoms with Crippen molar-refractivity contribution >= 4 is 16.1 Å². The summed E-state index contributed by atoms with van der Waals surface area (Å²) >= 11 is 0. The zero-order valence-corrected chi connectivity index (χ0v) is 14.0. The van der Waals surface area contributed by atoms with Gasteiger partial charge >= 0.3 is 6.09 Å². The molecule has 0 aromatic carbocycles. The van der Waals surface area contributed by atoms with Gasteiger partial charge in [0.15, 0.2) is 0 Å². The van der Waals surface area contributed by atoms with Gasteiger partial charge in [0.1, 0.15) is 5.60 Å². The van der Waals surface area contributed by atoms with Crippen molar-refractivity contribution in [2.24, 2.45) is 5.92 Å². The molecule has 3 atom stereocenters. The van der Waals surface area contributed by atoms with Gasteiger partial charge in [-0.15, -0.1) is 0 Å². The van der Waals surface area contributed by atoms with Crippen LogP contribution in [0.2, 0.25) is 0 Å². The van der Waals surface area contributed by atoms with E-state index >= 15 is 0 Å². The Morgan fingerprint density at radius 3 is 2.30 bits per heavy atom. The fraction of sp³-hybridized carbons (Fsp3) is 0.923. The highest BCUT2D eigenvalue weighted by molar-refractivity contribution is 7.88. The maximum Gasteiger partial charge on any atom is 0.410 e. The number of hydrogen-bond donors (Lipinski definition) is 1. The average Bonchev–Trinajstić information content (AvgIpc) is 2.20. The van der Waals surface area contributed by atoms with Gasteiger partial charge in [-0.2, -0.15) is 0 Å². The summed E-state index contributed by atoms with van der Waals surface area (Å²) in [6.45, 7) is 9.87. The van der Waals surface area contributed by atoms with E-state index in [1.807, 2.05) is 34.6 Å². The molecule has 1 aliphatic rings. The Bertz CT molecular complexity index is 455. The quantitative estimate of drug-likeness (QED) is 0.840. The Hall–Kier alpha value is -0.820. The first-order valence-corrected chi connectivity index (χ1v) is 8.77. The molecular formula is C13H26N2O4S. The second-order valence-electron chi connectivity index (χ2n) is 6.60. The smallest absolute Gasteiger partial charge is 0.410 e. The van der Waals surface area contributed by atoms with E-state index in [0.717, 1.165) is 12.7 Å². The van der Waals surface area contributed by atoms with Gasteiger partial charge in [0.2, 0.25) is 10.0 Å². The van der Waals surface area contributed by atoms with Crippen molar-refractivity contribution in [3.63, 3.8) is 0 Å². The minimum atomic E-state index is -3.30. The third-order valence-corrected chi connectivity index (χ3v) is 4.13. The highest BCUT2D eigenvalue weighted by atomic mass is 32.2. The van der Waals surface area contributed by atoms with E-state index in [2.05, 4.69) is 4.72 Å². The summed E-state index contributed by atoms with van der Waals surface area (Å²) in [6, 6.07) is -0.519. The van der Waals surface area contributed by atoms with Crippen LogP contribution in [-0.4, -0.2) is 49.9 Å². The van der Waals surface area contributed by atoms with E-state index in [1.165, 1.54) is 0 Å². The van der Waals surface area contributed by atoms with E-state index in [1.54, 1.807) is 4.90 Å². The molecule has 1 heterocycles. The van der Waals surface area contributed by atoms with Crippen molar-refractivity contribution < 1.29 is 17.9 Å². The number of carbonyl (C=O) groups excluding carboxylic acids is 1. The van der Waals surface area contributed by atoms with Crippen LogP contribution in [0.5, 0.6) is 0 Å². The third-order valence-electron chi connectivity index (χ3n) is 3.43. The molecule has 6 nitrogen and oxygen atoms in total. The number of nitrogens with zero attached hydrogens (tertiary/aromatic N) is 1. The summed E-state index contributed by atoms with van der Waals surface area (Å²) in [7, 11) is -3.30. The zero-order valence-electron chi connectivity index (χ0n) is 13.1. The van der Waals surface area contributed by atoms with Crippen LogP contribution in [0.25, 0.3) is 0 Å². The molecule has 0 saturated carbocycles. The van der Waals surface area contributed by atoms with E-state index < -0.39 is 21.7 Å². The van der Waals surface area contributed by atoms with Gasteiger partial charge in [-0.25, -0.2) is 17.9 Å². The number of likely N-dealkylation sites (tertiary alicyclic amines) is 1. The van der Waals surface area contributed by atoms with E-state index in [0.29, 0.717) is 6.54 Å². The van der Waals surface area contributed by atoms with Gasteiger partial charge in [0, 0.05) is 18.6 Å². The maximum absolute atomic E-state index is 12.2. The molecule has 1 fully saturated rings. The molecular weight excluding hydrogens is 280 g/mol. The van der Waals surface area contributed by atoms with Crippen molar-refractivity contribution in [3.8, 4) is 0 Å². The number of sulfonamides is 1. The first kappa shape index (κ1) is 17.2. The van der Waals surface area contributed by atoms with Crippen molar-refractivity contribution in [2.45, 2.75) is 58.7 Å². The monoisotopic (exact) mass is 306 g/mol. The lowest BCUT2D eigenvalue weighted by Gasteiger charge is -2.43. The van der Waals surface area contributed by atoms with Crippen molar-refractivity contribution in [1.29, 1.82) is 0 Å². The van der Waals surface area contributed by atoms with Crippen LogP contribution in [0, 0.1) is 5.92 Å². The van der Waals surface area contributed by atoms with Gasteiger partial charge in [-0.3, -0.25) is 0 Å². The number of piperidine rings is 1. The number of rotatable bonds is 2. The molecule has 0 aromatic heterocycles. The second-order valence-corrected chi connectivity index (χ2v) is 8.38. The molecule has 1 amide bonds. The molecule has 1 saturated heterocycles. The lowest BCUT2D eigenvalue weighted by atomic mass is 9.88. The standard InChI is InChI=1S/C13H26N2O4S/c1-9-7-8-15(12(16)19-13(3,4)5)10(2)11(9)14-20(6,17)18/h9-11,14H,7-8H2,1-6H3/t9-,10+,11+/m1/s1. The van der Waals surface area contributed by atoms with Gasteiger partial charge in [0.05, 0.1) is 6.26 Å². The minimum Gasteiger partial charge on any atom is -0.444 e. The summed E-state index contributed by atoms with van der Waals surface area (Å²) < 4.78 is 30.9. The summed E-state index contributed by atoms with van der Waals surface area (Å²) in [6.07, 6.45) is 1.49. The van der Waals surface area contributed by atoms with Crippen LogP contribution < -0.4 is 4.72 Å². The first-order chi connectivity index (χ1) is 8.91. The Morgan fingerprint density at radius 1 is 1.30 bits per heavy atom. The van der Waals surface area contributed by atoms with Crippen LogP contribution >= 0.6 is 0 Å². The highest BCUT2D eigenvalue weighted by Crippen LogP contribution is 2.25. The normalized spacial score (nSPS) is 28.3. The number of hydrogen-bond acceptors (Lipinski definition) is 4. The van der Waals surface area contributed by atoms with Gasteiger partial charge in [-0.1, -0.05) is 6.92 Å². The molecule has 0 bridgehead atoms. The SMILES string of the molecule is C[C@@H]1CCN(C(=O)OC(C)(C)C)[C@@H](C)[C@H]1NS(C)(=O)=O. The van der Waals surface area contributed by atoms with Gasteiger partial charge in [-0.05, 0) is 40.0 Å². The van der Waals surface area contributed by atoms with Gasteiger partial charge in [0.25, 0.3) is 0 Å². The molecule has 0 spiro atoms. The van der Waals surface area contributed by atoms with Crippen LogP contribution in [0.1, 0.15) is 41.0 Å². The topological polar surface area (TPSA) is 75.7 Å². The molecule has 0 aliphatic carbocycles. The maximum atomic E-state index is 12.2. The molecule has 7 heteroatoms. The molecule has 0 unspecified atom stereocenters. The van der Waals surface area contributed by atoms with Crippen molar-refractivity contribution in [1.82, 2.24) is 9.62 Å². The lowest BCUT2D eigenvalue weighted by molar-refractivity contribution is 0.00277. The number of carbonyl (C=O) groups is 1. The van der Waals surface area contributed by atoms with Crippen LogP contribution in [0.15, 0.2) is 0 Å². The van der Waals surface area contributed by atoms with Crippen molar-refractivity contribution in [3.05, 3.63) is 0 Å². The lowest BCUT2D eigenvalue weighted by Crippen LogP contribution is -2.59. The third kappa shape index (κ3) is 4.94. The Morgan fingerprint density at radius 2 is 1.85 bits per heavy atom. The van der Waals surface area contributed by atoms with Gasteiger partial charge < -0.3 is 9.64 Å². The summed E-state index contributed by atoms with van der Waals surface area (Å²) in [5.41, 5.74) is -0.556. The number of nitrogens with one attached hydrogen (secondary N) is 1. The largest absolute Gasteiger partial charge is 0.444 e. The Kier molecular flexibility index (Phi) is 5.08. The average molecular weight is 306 g/mol. The van der Waals surface area contributed by atoms with Crippen LogP contribution in [-0.2, 0) is 14.8 Å². The van der Waals surface area contributed by atoms with E-state index in [-0.39, 0.29) is 18.0 Å². The molecule has 1 aliphatic heterocycles. The molecule has 118 valence electrons. The predicted octanol–water partition coefficient (Wildman–Crippen LogP) is 1.57. The molecule has 1 N–H and O–H groups in total. The van der Waals surface area contributed by atoms with E-state index in [4.69, 9.17) is 4.74 Å². The zero-order chi connectivity index (χ0) is 15.7. The Balaban J connectivity index is 2.83. The molecule has 1 rings (SSSR count). The molecule has 0 radical (unpaired) electrons. The van der Waals surface area contributed by atoms with Crippen LogP contribution in [0.4, 0.5) is 4.79 Å². The van der Waals surface area contributed by atoms with E-state index in [9.17, 15) is 13.2 Å². The minimum absolute atomic E-state index is 0.179. The Labute approximate surface area is 121 Å². The number of amides is 1. The second kappa shape index (κ2) is 5.89. The van der Waals surface area contributed by atoms with Crippen molar-refractivity contribution in [2.75, 3.05) is 12.8 Å². The molecule has 0 aromatic rings. The fourth-order valence-electron chi connectivity index (χ4n) is 2.44. The summed E-state index contributed by atoms with van der Waals surface area (Å²) in [4.78, 5) is 13.8. The summed E-state index contributed by atoms with van der Waals surface area (Å²) in [5, 5.41) is 0. The summed E-state index contributed by atoms with van der Waals surface area (Å²) in [5.74, 6) is 0.179.